The van der Waals surface area contributed by atoms with Crippen LogP contribution in [0.15, 0.2) is 0 Å². The lowest BCUT2D eigenvalue weighted by Crippen LogP contribution is -2.40. The Labute approximate surface area is 85.0 Å². The molecule has 76 valence electrons. The number of rotatable bonds is 2. The number of amides is 1. The maximum absolute atomic E-state index is 11.2. The van der Waals surface area contributed by atoms with E-state index in [9.17, 15) is 4.79 Å². The summed E-state index contributed by atoms with van der Waals surface area (Å²) >= 11 is 5.66. The maximum Gasteiger partial charge on any atom is 0.237 e. The second kappa shape index (κ2) is 4.85. The van der Waals surface area contributed by atoms with E-state index in [1.807, 2.05) is 0 Å². The van der Waals surface area contributed by atoms with Crippen molar-refractivity contribution in [2.24, 2.45) is 5.92 Å². The highest BCUT2D eigenvalue weighted by Gasteiger charge is 2.20. The largest absolute Gasteiger partial charge is 0.352 e. The van der Waals surface area contributed by atoms with Gasteiger partial charge in [-0.25, -0.2) is 0 Å². The Morgan fingerprint density at radius 3 is 2.38 bits per heavy atom. The summed E-state index contributed by atoms with van der Waals surface area (Å²) in [6.45, 7) is 3.98. The van der Waals surface area contributed by atoms with Crippen LogP contribution in [0.2, 0.25) is 0 Å². The Morgan fingerprint density at radius 2 is 1.92 bits per heavy atom. The zero-order valence-electron chi connectivity index (χ0n) is 8.35. The van der Waals surface area contributed by atoms with Crippen molar-refractivity contribution in [2.45, 2.75) is 50.9 Å². The number of alkyl halides is 1. The summed E-state index contributed by atoms with van der Waals surface area (Å²) in [6.07, 6.45) is 4.66. The molecule has 1 rings (SSSR count). The van der Waals surface area contributed by atoms with Gasteiger partial charge in [-0.15, -0.1) is 11.6 Å². The van der Waals surface area contributed by atoms with E-state index < -0.39 is 5.38 Å². The molecule has 1 fully saturated rings. The number of halogens is 1. The maximum atomic E-state index is 11.2. The Balaban J connectivity index is 2.26. The van der Waals surface area contributed by atoms with E-state index in [1.165, 1.54) is 12.8 Å². The van der Waals surface area contributed by atoms with E-state index in [2.05, 4.69) is 12.2 Å². The molecule has 0 aliphatic heterocycles. The number of carbonyl (C=O) groups is 1. The summed E-state index contributed by atoms with van der Waals surface area (Å²) in [4.78, 5) is 11.2. The van der Waals surface area contributed by atoms with Crippen molar-refractivity contribution >= 4 is 17.5 Å². The zero-order chi connectivity index (χ0) is 9.84. The molecule has 0 aromatic heterocycles. The molecule has 0 saturated heterocycles. The summed E-state index contributed by atoms with van der Waals surface area (Å²) in [5, 5.41) is 2.56. The van der Waals surface area contributed by atoms with Gasteiger partial charge in [0.1, 0.15) is 5.38 Å². The zero-order valence-corrected chi connectivity index (χ0v) is 9.10. The fraction of sp³-hybridized carbons (Fsp3) is 0.900. The molecule has 1 aliphatic carbocycles. The van der Waals surface area contributed by atoms with E-state index in [1.54, 1.807) is 6.92 Å². The van der Waals surface area contributed by atoms with E-state index in [0.717, 1.165) is 18.8 Å². The van der Waals surface area contributed by atoms with Gasteiger partial charge in [0.2, 0.25) is 5.91 Å². The summed E-state index contributed by atoms with van der Waals surface area (Å²) < 4.78 is 0. The van der Waals surface area contributed by atoms with Gasteiger partial charge < -0.3 is 5.32 Å². The van der Waals surface area contributed by atoms with Crippen LogP contribution in [0.4, 0.5) is 0 Å². The van der Waals surface area contributed by atoms with Crippen molar-refractivity contribution in [1.29, 1.82) is 0 Å². The number of hydrogen-bond donors (Lipinski definition) is 1. The molecule has 0 heterocycles. The van der Waals surface area contributed by atoms with Gasteiger partial charge in [0, 0.05) is 6.04 Å². The average molecular weight is 204 g/mol. The van der Waals surface area contributed by atoms with Crippen molar-refractivity contribution in [2.75, 3.05) is 0 Å². The molecule has 1 aliphatic rings. The third-order valence-electron chi connectivity index (χ3n) is 2.72. The van der Waals surface area contributed by atoms with E-state index in [4.69, 9.17) is 11.6 Å². The van der Waals surface area contributed by atoms with E-state index >= 15 is 0 Å². The SMILES string of the molecule is CC1CCC(NC(=O)C(C)Cl)CC1. The van der Waals surface area contributed by atoms with Gasteiger partial charge in [0.15, 0.2) is 0 Å². The predicted molar refractivity (Wildman–Crippen MR) is 54.9 cm³/mol. The van der Waals surface area contributed by atoms with Crippen LogP contribution < -0.4 is 5.32 Å². The van der Waals surface area contributed by atoms with Crippen molar-refractivity contribution in [1.82, 2.24) is 5.32 Å². The van der Waals surface area contributed by atoms with E-state index in [-0.39, 0.29) is 5.91 Å². The van der Waals surface area contributed by atoms with Gasteiger partial charge in [-0.3, -0.25) is 4.79 Å². The molecule has 13 heavy (non-hydrogen) atoms. The highest BCUT2D eigenvalue weighted by molar-refractivity contribution is 6.30. The van der Waals surface area contributed by atoms with Crippen LogP contribution in [0.1, 0.15) is 39.5 Å². The minimum absolute atomic E-state index is 0.0266. The molecule has 1 N–H and O–H groups in total. The molecule has 3 heteroatoms. The Morgan fingerprint density at radius 1 is 1.38 bits per heavy atom. The van der Waals surface area contributed by atoms with Crippen LogP contribution in [0, 0.1) is 5.92 Å². The topological polar surface area (TPSA) is 29.1 Å². The molecule has 1 atom stereocenters. The molecule has 2 nitrogen and oxygen atoms in total. The van der Waals surface area contributed by atoms with Crippen LogP contribution in [0.25, 0.3) is 0 Å². The van der Waals surface area contributed by atoms with Gasteiger partial charge in [-0.1, -0.05) is 6.92 Å². The van der Waals surface area contributed by atoms with Gasteiger partial charge in [-0.05, 0) is 38.5 Å². The molecule has 0 aromatic rings. The second-order valence-electron chi connectivity index (χ2n) is 4.08. The Hall–Kier alpha value is -0.240. The summed E-state index contributed by atoms with van der Waals surface area (Å²) in [5.41, 5.74) is 0. The molecule has 0 bridgehead atoms. The minimum Gasteiger partial charge on any atom is -0.352 e. The molecular formula is C10H18ClNO. The first-order chi connectivity index (χ1) is 6.09. The normalized spacial score (nSPS) is 31.0. The standard InChI is InChI=1S/C10H18ClNO/c1-7-3-5-9(6-4-7)12-10(13)8(2)11/h7-9H,3-6H2,1-2H3,(H,12,13). The molecule has 1 unspecified atom stereocenters. The fourth-order valence-electron chi connectivity index (χ4n) is 1.72. The summed E-state index contributed by atoms with van der Waals surface area (Å²) in [5.74, 6) is 0.794. The van der Waals surface area contributed by atoms with E-state index in [0.29, 0.717) is 6.04 Å². The van der Waals surface area contributed by atoms with Crippen LogP contribution >= 0.6 is 11.6 Å². The number of carbonyl (C=O) groups excluding carboxylic acids is 1. The van der Waals surface area contributed by atoms with Gasteiger partial charge in [0.25, 0.3) is 0 Å². The van der Waals surface area contributed by atoms with Crippen molar-refractivity contribution in [3.05, 3.63) is 0 Å². The van der Waals surface area contributed by atoms with Gasteiger partial charge in [-0.2, -0.15) is 0 Å². The molecule has 1 saturated carbocycles. The minimum atomic E-state index is -0.403. The van der Waals surface area contributed by atoms with Crippen LogP contribution in [-0.4, -0.2) is 17.3 Å². The third kappa shape index (κ3) is 3.55. The van der Waals surface area contributed by atoms with Crippen LogP contribution in [-0.2, 0) is 4.79 Å². The Bertz CT molecular complexity index is 174. The first-order valence-corrected chi connectivity index (χ1v) is 5.47. The third-order valence-corrected chi connectivity index (χ3v) is 2.92. The molecule has 0 radical (unpaired) electrons. The molecule has 0 aromatic carbocycles. The first-order valence-electron chi connectivity index (χ1n) is 5.04. The van der Waals surface area contributed by atoms with Crippen molar-refractivity contribution in [3.63, 3.8) is 0 Å². The lowest BCUT2D eigenvalue weighted by Gasteiger charge is -2.27. The summed E-state index contributed by atoms with van der Waals surface area (Å²) in [6, 6.07) is 0.366. The number of hydrogen-bond acceptors (Lipinski definition) is 1. The van der Waals surface area contributed by atoms with Gasteiger partial charge in [0.05, 0.1) is 0 Å². The fourth-order valence-corrected chi connectivity index (χ4v) is 1.78. The first kappa shape index (κ1) is 10.8. The smallest absolute Gasteiger partial charge is 0.237 e. The second-order valence-corrected chi connectivity index (χ2v) is 4.74. The van der Waals surface area contributed by atoms with Gasteiger partial charge >= 0.3 is 0 Å². The van der Waals surface area contributed by atoms with Crippen molar-refractivity contribution in [3.8, 4) is 0 Å². The monoisotopic (exact) mass is 203 g/mol. The Kier molecular flexibility index (Phi) is 4.04. The summed E-state index contributed by atoms with van der Waals surface area (Å²) in [7, 11) is 0. The molecule has 0 spiro atoms. The quantitative estimate of drug-likeness (QED) is 0.686. The molecule has 1 amide bonds. The molecular weight excluding hydrogens is 186 g/mol. The highest BCUT2D eigenvalue weighted by atomic mass is 35.5. The average Bonchev–Trinajstić information content (AvgIpc) is 2.08. The van der Waals surface area contributed by atoms with Crippen LogP contribution in [0.5, 0.6) is 0 Å². The number of nitrogens with one attached hydrogen (secondary N) is 1. The highest BCUT2D eigenvalue weighted by Crippen LogP contribution is 2.23. The predicted octanol–water partition coefficient (Wildman–Crippen LogP) is 2.31. The van der Waals surface area contributed by atoms with Crippen LogP contribution in [0.3, 0.4) is 0 Å². The van der Waals surface area contributed by atoms with Crippen molar-refractivity contribution < 1.29 is 4.79 Å². The lowest BCUT2D eigenvalue weighted by atomic mass is 9.87. The lowest BCUT2D eigenvalue weighted by molar-refractivity contribution is -0.121.